The lowest BCUT2D eigenvalue weighted by Gasteiger charge is -2.46. The standard InChI is InChI=1S/C41H52O4Si2/c1-8-43-39(42)32-22-21-23-34(45-47(41(5,6)7,37-28-17-11-18-29-37)38-30-19-12-20-31-38)33-44-46(40(2,3)4,35-24-13-9-14-25-35)36-26-15-10-16-27-36/h9-21,23-31,34H,8,22,32-33H2,1-7H3/t34-/m1/s1. The molecule has 0 bridgehead atoms. The van der Waals surface area contributed by atoms with Crippen LogP contribution in [0.2, 0.25) is 10.1 Å². The van der Waals surface area contributed by atoms with Crippen molar-refractivity contribution in [2.45, 2.75) is 77.5 Å². The summed E-state index contributed by atoms with van der Waals surface area (Å²) in [6, 6.07) is 42.9. The lowest BCUT2D eigenvalue weighted by molar-refractivity contribution is -0.143. The van der Waals surface area contributed by atoms with E-state index in [9.17, 15) is 4.79 Å². The Bertz CT molecular complexity index is 1460. The first-order valence-electron chi connectivity index (χ1n) is 16.8. The van der Waals surface area contributed by atoms with Gasteiger partial charge >= 0.3 is 5.97 Å². The number of hydrogen-bond acceptors (Lipinski definition) is 4. The zero-order valence-electron chi connectivity index (χ0n) is 29.2. The largest absolute Gasteiger partial charge is 0.466 e. The fourth-order valence-corrected chi connectivity index (χ4v) is 15.9. The third kappa shape index (κ3) is 8.30. The van der Waals surface area contributed by atoms with Crippen molar-refractivity contribution in [3.05, 3.63) is 133 Å². The summed E-state index contributed by atoms with van der Waals surface area (Å²) in [5, 5.41) is 4.52. The molecule has 0 heterocycles. The summed E-state index contributed by atoms with van der Waals surface area (Å²) in [4.78, 5) is 12.2. The highest BCUT2D eigenvalue weighted by Gasteiger charge is 2.53. The number of hydrogen-bond donors (Lipinski definition) is 0. The Morgan fingerprint density at radius 3 is 1.38 bits per heavy atom. The maximum atomic E-state index is 12.2. The predicted octanol–water partition coefficient (Wildman–Crippen LogP) is 7.41. The van der Waals surface area contributed by atoms with E-state index in [0.717, 1.165) is 0 Å². The predicted molar refractivity (Wildman–Crippen MR) is 201 cm³/mol. The van der Waals surface area contributed by atoms with Crippen LogP contribution in [0.4, 0.5) is 0 Å². The Kier molecular flexibility index (Phi) is 12.4. The Hall–Kier alpha value is -3.56. The maximum absolute atomic E-state index is 12.2. The van der Waals surface area contributed by atoms with Gasteiger partial charge in [-0.1, -0.05) is 175 Å². The van der Waals surface area contributed by atoms with E-state index in [1.165, 1.54) is 20.7 Å². The molecule has 0 amide bonds. The first-order chi connectivity index (χ1) is 22.5. The molecule has 0 aliphatic rings. The molecular formula is C41H52O4Si2. The molecule has 1 atom stereocenters. The van der Waals surface area contributed by atoms with Gasteiger partial charge in [-0.2, -0.15) is 0 Å². The second-order valence-corrected chi connectivity index (χ2v) is 22.6. The van der Waals surface area contributed by atoms with Crippen LogP contribution in [-0.4, -0.2) is 41.9 Å². The first-order valence-corrected chi connectivity index (χ1v) is 20.6. The Labute approximate surface area is 285 Å². The van der Waals surface area contributed by atoms with Gasteiger partial charge in [0.15, 0.2) is 0 Å². The monoisotopic (exact) mass is 664 g/mol. The van der Waals surface area contributed by atoms with E-state index in [1.807, 2.05) is 6.92 Å². The highest BCUT2D eigenvalue weighted by atomic mass is 28.4. The van der Waals surface area contributed by atoms with Gasteiger partial charge in [-0.25, -0.2) is 0 Å². The van der Waals surface area contributed by atoms with E-state index >= 15 is 0 Å². The van der Waals surface area contributed by atoms with Crippen LogP contribution in [0.5, 0.6) is 0 Å². The van der Waals surface area contributed by atoms with Gasteiger partial charge < -0.3 is 13.6 Å². The zero-order valence-corrected chi connectivity index (χ0v) is 31.2. The third-order valence-electron chi connectivity index (χ3n) is 8.80. The third-order valence-corrected chi connectivity index (χ3v) is 18.9. The van der Waals surface area contributed by atoms with Crippen molar-refractivity contribution in [3.8, 4) is 0 Å². The summed E-state index contributed by atoms with van der Waals surface area (Å²) in [5.41, 5.74) is 0. The summed E-state index contributed by atoms with van der Waals surface area (Å²) in [6.45, 7) is 16.4. The van der Waals surface area contributed by atoms with Gasteiger partial charge in [0.2, 0.25) is 0 Å². The summed E-state index contributed by atoms with van der Waals surface area (Å²) in [7, 11) is -5.76. The van der Waals surface area contributed by atoms with E-state index in [-0.39, 0.29) is 22.1 Å². The van der Waals surface area contributed by atoms with Crippen molar-refractivity contribution in [2.24, 2.45) is 0 Å². The second kappa shape index (κ2) is 16.0. The Morgan fingerprint density at radius 2 is 1.02 bits per heavy atom. The fraction of sp³-hybridized carbons (Fsp3) is 0.341. The Morgan fingerprint density at radius 1 is 0.638 bits per heavy atom. The molecule has 0 N–H and O–H groups in total. The molecule has 0 radical (unpaired) electrons. The number of carbonyl (C=O) groups is 1. The number of rotatable bonds is 14. The van der Waals surface area contributed by atoms with E-state index in [4.69, 9.17) is 13.6 Å². The number of carbonyl (C=O) groups excluding carboxylic acids is 1. The summed E-state index contributed by atoms with van der Waals surface area (Å²) >= 11 is 0. The molecule has 6 heteroatoms. The molecule has 0 aromatic heterocycles. The van der Waals surface area contributed by atoms with Crippen molar-refractivity contribution < 1.29 is 18.4 Å². The van der Waals surface area contributed by atoms with Crippen LogP contribution < -0.4 is 20.7 Å². The summed E-state index contributed by atoms with van der Waals surface area (Å²) < 4.78 is 20.3. The lowest BCUT2D eigenvalue weighted by Crippen LogP contribution is -2.69. The first kappa shape index (κ1) is 36.3. The van der Waals surface area contributed by atoms with Gasteiger partial charge in [0.05, 0.1) is 19.3 Å². The van der Waals surface area contributed by atoms with Crippen molar-refractivity contribution in [1.29, 1.82) is 0 Å². The molecule has 248 valence electrons. The minimum absolute atomic E-state index is 0.175. The number of esters is 1. The zero-order chi connectivity index (χ0) is 34.0. The average molecular weight is 665 g/mol. The molecule has 4 rings (SSSR count). The molecule has 0 unspecified atom stereocenters. The number of ether oxygens (including phenoxy) is 1. The molecule has 0 saturated heterocycles. The van der Waals surface area contributed by atoms with Gasteiger partial charge in [0, 0.05) is 6.42 Å². The van der Waals surface area contributed by atoms with Crippen LogP contribution in [-0.2, 0) is 18.4 Å². The molecule has 47 heavy (non-hydrogen) atoms. The Balaban J connectivity index is 1.85. The van der Waals surface area contributed by atoms with Crippen LogP contribution in [0.15, 0.2) is 133 Å². The molecule has 0 saturated carbocycles. The van der Waals surface area contributed by atoms with E-state index in [2.05, 4.69) is 175 Å². The van der Waals surface area contributed by atoms with E-state index in [0.29, 0.717) is 26.1 Å². The highest BCUT2D eigenvalue weighted by Crippen LogP contribution is 2.39. The van der Waals surface area contributed by atoms with Crippen molar-refractivity contribution in [3.63, 3.8) is 0 Å². The van der Waals surface area contributed by atoms with E-state index in [1.54, 1.807) is 0 Å². The minimum Gasteiger partial charge on any atom is -0.466 e. The van der Waals surface area contributed by atoms with Crippen LogP contribution >= 0.6 is 0 Å². The molecular weight excluding hydrogens is 613 g/mol. The molecule has 4 aromatic carbocycles. The SMILES string of the molecule is CCOC(=O)CCC=C[C@H](CO[Si](c1ccccc1)(c1ccccc1)C(C)(C)C)O[Si](c1ccccc1)(c1ccccc1)C(C)(C)C. The van der Waals surface area contributed by atoms with Crippen LogP contribution in [0.1, 0.15) is 61.3 Å². The molecule has 4 aromatic rings. The van der Waals surface area contributed by atoms with Crippen molar-refractivity contribution in [2.75, 3.05) is 13.2 Å². The fourth-order valence-electron chi connectivity index (χ4n) is 6.70. The van der Waals surface area contributed by atoms with Crippen LogP contribution in [0.3, 0.4) is 0 Å². The van der Waals surface area contributed by atoms with Gasteiger partial charge in [0.1, 0.15) is 0 Å². The van der Waals surface area contributed by atoms with Crippen LogP contribution in [0, 0.1) is 0 Å². The van der Waals surface area contributed by atoms with Gasteiger partial charge in [-0.15, -0.1) is 0 Å². The molecule has 0 spiro atoms. The molecule has 0 fully saturated rings. The second-order valence-electron chi connectivity index (χ2n) is 14.1. The minimum atomic E-state index is -2.92. The highest BCUT2D eigenvalue weighted by molar-refractivity contribution is 7.00. The smallest absolute Gasteiger partial charge is 0.306 e. The quantitative estimate of drug-likeness (QED) is 0.0801. The number of allylic oxidation sites excluding steroid dienone is 1. The van der Waals surface area contributed by atoms with E-state index < -0.39 is 16.6 Å². The maximum Gasteiger partial charge on any atom is 0.306 e. The van der Waals surface area contributed by atoms with Crippen molar-refractivity contribution >= 4 is 43.4 Å². The summed E-state index contributed by atoms with van der Waals surface area (Å²) in [6.07, 6.45) is 4.71. The number of benzene rings is 4. The molecule has 0 aliphatic carbocycles. The average Bonchev–Trinajstić information content (AvgIpc) is 3.06. The molecule has 4 nitrogen and oxygen atoms in total. The van der Waals surface area contributed by atoms with Gasteiger partial charge in [0.25, 0.3) is 16.6 Å². The topological polar surface area (TPSA) is 44.8 Å². The van der Waals surface area contributed by atoms with Gasteiger partial charge in [-0.05, 0) is 44.2 Å². The normalized spacial score (nSPS) is 13.4. The summed E-state index contributed by atoms with van der Waals surface area (Å²) in [5.74, 6) is -0.190. The van der Waals surface area contributed by atoms with Gasteiger partial charge in [-0.3, -0.25) is 4.79 Å². The molecule has 0 aliphatic heterocycles. The lowest BCUT2D eigenvalue weighted by atomic mass is 10.2. The van der Waals surface area contributed by atoms with Crippen LogP contribution in [0.25, 0.3) is 0 Å². The van der Waals surface area contributed by atoms with Crippen molar-refractivity contribution in [1.82, 2.24) is 0 Å².